The number of nitrogens with one attached hydrogen (secondary N) is 1. The number of nitrogens with zero attached hydrogens (tertiary/aromatic N) is 2. The van der Waals surface area contributed by atoms with E-state index in [4.69, 9.17) is 0 Å². The van der Waals surface area contributed by atoms with Crippen molar-refractivity contribution in [1.82, 2.24) is 14.5 Å². The summed E-state index contributed by atoms with van der Waals surface area (Å²) in [5.41, 5.74) is 0.933. The van der Waals surface area contributed by atoms with Gasteiger partial charge in [-0.15, -0.1) is 11.3 Å². The normalized spacial score (nSPS) is 15.7. The predicted octanol–water partition coefficient (Wildman–Crippen LogP) is 1.51. The maximum atomic E-state index is 13.0. The Morgan fingerprint density at radius 1 is 1.39 bits per heavy atom. The van der Waals surface area contributed by atoms with Gasteiger partial charge in [0.2, 0.25) is 0 Å². The van der Waals surface area contributed by atoms with Crippen LogP contribution in [0.1, 0.15) is 19.3 Å². The molecule has 1 aliphatic heterocycles. The van der Waals surface area contributed by atoms with Crippen molar-refractivity contribution >= 4 is 43.9 Å². The highest BCUT2D eigenvalue weighted by Gasteiger charge is 2.17. The van der Waals surface area contributed by atoms with Crippen LogP contribution < -0.4 is 16.3 Å². The molecule has 0 unspecified atom stereocenters. The summed E-state index contributed by atoms with van der Waals surface area (Å²) in [6.45, 7) is 0.748. The number of rotatable bonds is 1. The molecule has 0 aliphatic carbocycles. The SMILES string of the molecule is CN(C)C=c1cc2c(sc3[nH]c4n(c(=O)c32)CCCCC=4)c1O. The molecule has 1 aromatic carbocycles. The zero-order valence-corrected chi connectivity index (χ0v) is 14.0. The van der Waals surface area contributed by atoms with Crippen molar-refractivity contribution in [2.75, 3.05) is 14.1 Å². The Labute approximate surface area is 136 Å². The Morgan fingerprint density at radius 2 is 2.22 bits per heavy atom. The Morgan fingerprint density at radius 3 is 3.00 bits per heavy atom. The lowest BCUT2D eigenvalue weighted by Gasteiger charge is -2.05. The van der Waals surface area contributed by atoms with Crippen molar-refractivity contribution in [3.05, 3.63) is 27.1 Å². The van der Waals surface area contributed by atoms with Crippen molar-refractivity contribution in [3.63, 3.8) is 0 Å². The minimum atomic E-state index is 0.0413. The van der Waals surface area contributed by atoms with E-state index in [1.807, 2.05) is 35.8 Å². The van der Waals surface area contributed by atoms with Crippen LogP contribution in [0.4, 0.5) is 0 Å². The topological polar surface area (TPSA) is 61.3 Å². The molecule has 6 heteroatoms. The second-order valence-electron chi connectivity index (χ2n) is 6.26. The minimum absolute atomic E-state index is 0.0413. The number of fused-ring (bicyclic) bond motifs is 4. The minimum Gasteiger partial charge on any atom is -0.506 e. The van der Waals surface area contributed by atoms with Crippen LogP contribution in [-0.4, -0.2) is 33.7 Å². The fourth-order valence-corrected chi connectivity index (χ4v) is 4.40. The van der Waals surface area contributed by atoms with Crippen molar-refractivity contribution in [3.8, 4) is 5.75 Å². The molecule has 0 amide bonds. The van der Waals surface area contributed by atoms with Gasteiger partial charge in [-0.3, -0.25) is 9.36 Å². The summed E-state index contributed by atoms with van der Waals surface area (Å²) in [7, 11) is 3.83. The van der Waals surface area contributed by atoms with E-state index >= 15 is 0 Å². The smallest absolute Gasteiger partial charge is 0.263 e. The standard InChI is InChI=1S/C17H19N3O2S/c1-19(2)9-10-8-11-13-16(23-15(11)14(10)21)18-12-6-4-3-5-7-20(12)17(13)22/h6,8-9,18,21H,3-5,7H2,1-2H3. The largest absolute Gasteiger partial charge is 0.506 e. The molecule has 0 radical (unpaired) electrons. The molecule has 2 N–H and O–H groups in total. The summed E-state index contributed by atoms with van der Waals surface area (Å²) < 4.78 is 2.61. The fraction of sp³-hybridized carbons (Fsp3) is 0.353. The highest BCUT2D eigenvalue weighted by atomic mass is 32.1. The molecular weight excluding hydrogens is 310 g/mol. The van der Waals surface area contributed by atoms with Crippen molar-refractivity contribution < 1.29 is 5.11 Å². The van der Waals surface area contributed by atoms with Crippen LogP contribution in [0.2, 0.25) is 0 Å². The summed E-state index contributed by atoms with van der Waals surface area (Å²) in [6.07, 6.45) is 7.08. The average molecular weight is 329 g/mol. The fourth-order valence-electron chi connectivity index (χ4n) is 3.25. The van der Waals surface area contributed by atoms with Crippen molar-refractivity contribution in [2.45, 2.75) is 25.8 Å². The first-order valence-electron chi connectivity index (χ1n) is 7.81. The quantitative estimate of drug-likeness (QED) is 0.711. The Hall–Kier alpha value is -2.21. The van der Waals surface area contributed by atoms with Crippen molar-refractivity contribution in [1.29, 1.82) is 0 Å². The van der Waals surface area contributed by atoms with Crippen molar-refractivity contribution in [2.24, 2.45) is 0 Å². The molecule has 23 heavy (non-hydrogen) atoms. The Balaban J connectivity index is 2.13. The number of aromatic amines is 1. The number of aromatic hydroxyl groups is 1. The first-order valence-corrected chi connectivity index (χ1v) is 8.63. The Kier molecular flexibility index (Phi) is 3.23. The summed E-state index contributed by atoms with van der Waals surface area (Å²) in [4.78, 5) is 19.1. The second kappa shape index (κ2) is 5.16. The molecule has 1 aliphatic rings. The van der Waals surface area contributed by atoms with Gasteiger partial charge in [0.05, 0.1) is 10.1 Å². The van der Waals surface area contributed by atoms with Gasteiger partial charge in [-0.1, -0.05) is 0 Å². The van der Waals surface area contributed by atoms with Crippen LogP contribution in [0, 0.1) is 0 Å². The summed E-state index contributed by atoms with van der Waals surface area (Å²) in [6, 6.07) is 1.91. The lowest BCUT2D eigenvalue weighted by Crippen LogP contribution is -2.34. The monoisotopic (exact) mass is 329 g/mol. The highest BCUT2D eigenvalue weighted by Crippen LogP contribution is 2.35. The van der Waals surface area contributed by atoms with Gasteiger partial charge in [0.25, 0.3) is 5.56 Å². The molecule has 5 nitrogen and oxygen atoms in total. The highest BCUT2D eigenvalue weighted by molar-refractivity contribution is 7.25. The second-order valence-corrected chi connectivity index (χ2v) is 7.28. The van der Waals surface area contributed by atoms with E-state index in [-0.39, 0.29) is 11.3 Å². The van der Waals surface area contributed by atoms with Gasteiger partial charge in [-0.25, -0.2) is 0 Å². The van der Waals surface area contributed by atoms with Gasteiger partial charge < -0.3 is 15.0 Å². The van der Waals surface area contributed by atoms with Crippen LogP contribution in [0.15, 0.2) is 10.9 Å². The number of hydrogen-bond donors (Lipinski definition) is 2. The molecule has 0 atom stereocenters. The van der Waals surface area contributed by atoms with E-state index in [9.17, 15) is 9.90 Å². The van der Waals surface area contributed by atoms with Crippen LogP contribution in [0.5, 0.6) is 5.75 Å². The maximum Gasteiger partial charge on any atom is 0.263 e. The average Bonchev–Trinajstić information content (AvgIpc) is 2.86. The first-order chi connectivity index (χ1) is 11.1. The number of aromatic nitrogens is 2. The molecule has 0 saturated carbocycles. The van der Waals surface area contributed by atoms with Gasteiger partial charge in [-0.2, -0.15) is 0 Å². The van der Waals surface area contributed by atoms with E-state index in [0.29, 0.717) is 5.39 Å². The van der Waals surface area contributed by atoms with E-state index in [1.165, 1.54) is 11.3 Å². The summed E-state index contributed by atoms with van der Waals surface area (Å²) in [5.74, 6) is 0.256. The van der Waals surface area contributed by atoms with Gasteiger partial charge in [0.15, 0.2) is 0 Å². The lowest BCUT2D eigenvalue weighted by molar-refractivity contribution is 0.477. The molecular formula is C17H19N3O2S. The van der Waals surface area contributed by atoms with Gasteiger partial charge >= 0.3 is 0 Å². The molecule has 2 aromatic heterocycles. The zero-order chi connectivity index (χ0) is 16.1. The van der Waals surface area contributed by atoms with E-state index in [0.717, 1.165) is 51.4 Å². The molecule has 0 spiro atoms. The van der Waals surface area contributed by atoms with E-state index < -0.39 is 0 Å². The predicted molar refractivity (Wildman–Crippen MR) is 95.3 cm³/mol. The summed E-state index contributed by atoms with van der Waals surface area (Å²) >= 11 is 1.45. The van der Waals surface area contributed by atoms with Gasteiger partial charge in [0, 0.05) is 37.4 Å². The third-order valence-electron chi connectivity index (χ3n) is 4.30. The Bertz CT molecular complexity index is 1090. The van der Waals surface area contributed by atoms with E-state index in [1.54, 1.807) is 0 Å². The molecule has 120 valence electrons. The maximum absolute atomic E-state index is 13.0. The summed E-state index contributed by atoms with van der Waals surface area (Å²) in [5, 5.41) is 12.8. The molecule has 4 rings (SSSR count). The van der Waals surface area contributed by atoms with Crippen LogP contribution >= 0.6 is 11.3 Å². The number of H-pyrrole nitrogens is 1. The van der Waals surface area contributed by atoms with Gasteiger partial charge in [0.1, 0.15) is 16.1 Å². The van der Waals surface area contributed by atoms with Gasteiger partial charge in [-0.05, 0) is 31.4 Å². The molecule has 3 heterocycles. The van der Waals surface area contributed by atoms with E-state index in [2.05, 4.69) is 11.1 Å². The molecule has 0 bridgehead atoms. The number of hydrogen-bond acceptors (Lipinski definition) is 4. The zero-order valence-electron chi connectivity index (χ0n) is 13.2. The van der Waals surface area contributed by atoms with Crippen LogP contribution in [0.3, 0.4) is 0 Å². The van der Waals surface area contributed by atoms with Crippen LogP contribution in [0.25, 0.3) is 32.6 Å². The van der Waals surface area contributed by atoms with Crippen LogP contribution in [-0.2, 0) is 6.54 Å². The lowest BCUT2D eigenvalue weighted by atomic mass is 10.2. The third kappa shape index (κ3) is 2.16. The third-order valence-corrected chi connectivity index (χ3v) is 5.42. The molecule has 0 saturated heterocycles. The number of thiophene rings is 1. The molecule has 0 fully saturated rings. The first kappa shape index (κ1) is 14.4. The molecule has 3 aromatic rings.